The first-order chi connectivity index (χ1) is 11.2. The molecule has 23 heavy (non-hydrogen) atoms. The molecule has 0 spiro atoms. The fourth-order valence-electron chi connectivity index (χ4n) is 3.11. The maximum Gasteiger partial charge on any atom is 0.335 e. The van der Waals surface area contributed by atoms with E-state index >= 15 is 0 Å². The number of rotatable bonds is 6. The first-order valence-corrected chi connectivity index (χ1v) is 8.21. The molecule has 0 unspecified atom stereocenters. The average Bonchev–Trinajstić information content (AvgIpc) is 2.93. The van der Waals surface area contributed by atoms with E-state index in [9.17, 15) is 4.79 Å². The van der Waals surface area contributed by atoms with E-state index in [4.69, 9.17) is 9.84 Å². The van der Waals surface area contributed by atoms with Crippen molar-refractivity contribution in [1.29, 1.82) is 0 Å². The van der Waals surface area contributed by atoms with E-state index in [1.165, 1.54) is 0 Å². The molecule has 1 aromatic carbocycles. The Hall–Kier alpha value is -1.92. The Bertz CT molecular complexity index is 690. The zero-order valence-electron chi connectivity index (χ0n) is 13.5. The molecule has 124 valence electrons. The minimum absolute atomic E-state index is 0.290. The summed E-state index contributed by atoms with van der Waals surface area (Å²) in [5.41, 5.74) is 2.08. The zero-order valence-corrected chi connectivity index (χ0v) is 13.5. The molecule has 0 atom stereocenters. The van der Waals surface area contributed by atoms with Crippen molar-refractivity contribution < 1.29 is 14.6 Å². The Balaban J connectivity index is 1.74. The molecule has 0 aliphatic carbocycles. The molecule has 3 rings (SSSR count). The molecule has 6 nitrogen and oxygen atoms in total. The van der Waals surface area contributed by atoms with Crippen molar-refractivity contribution in [2.45, 2.75) is 26.3 Å². The van der Waals surface area contributed by atoms with Gasteiger partial charge in [0.25, 0.3) is 0 Å². The molecule has 2 aromatic rings. The number of hydrogen-bond donors (Lipinski definition) is 1. The number of benzene rings is 1. The summed E-state index contributed by atoms with van der Waals surface area (Å²) in [5, 5.41) is 9.11. The Kier molecular flexibility index (Phi) is 4.93. The lowest BCUT2D eigenvalue weighted by Gasteiger charge is -2.26. The monoisotopic (exact) mass is 317 g/mol. The third-order valence-corrected chi connectivity index (χ3v) is 4.35. The lowest BCUT2D eigenvalue weighted by atomic mass is 10.2. The summed E-state index contributed by atoms with van der Waals surface area (Å²) < 4.78 is 7.60. The standard InChI is InChI=1S/C17H23N3O3/c1-2-16-18-14-12-13(17(21)22)4-5-15(14)20(16)7-3-6-19-8-10-23-11-9-19/h4-5,12H,2-3,6-11H2,1H3,(H,21,22). The molecule has 1 fully saturated rings. The first kappa shape index (κ1) is 16.0. The molecule has 0 bridgehead atoms. The van der Waals surface area contributed by atoms with Crippen LogP contribution in [-0.4, -0.2) is 58.4 Å². The Morgan fingerprint density at radius 2 is 2.09 bits per heavy atom. The van der Waals surface area contributed by atoms with Crippen LogP contribution >= 0.6 is 0 Å². The molecule has 1 aliphatic heterocycles. The number of nitrogens with zero attached hydrogens (tertiary/aromatic N) is 3. The molecule has 0 amide bonds. The van der Waals surface area contributed by atoms with Gasteiger partial charge in [-0.25, -0.2) is 9.78 Å². The molecular weight excluding hydrogens is 294 g/mol. The molecule has 1 aromatic heterocycles. The van der Waals surface area contributed by atoms with Gasteiger partial charge in [-0.1, -0.05) is 6.92 Å². The van der Waals surface area contributed by atoms with Crippen LogP contribution < -0.4 is 0 Å². The van der Waals surface area contributed by atoms with Crippen LogP contribution in [0.3, 0.4) is 0 Å². The summed E-state index contributed by atoms with van der Waals surface area (Å²) in [5.74, 6) is 0.108. The highest BCUT2D eigenvalue weighted by Gasteiger charge is 2.13. The van der Waals surface area contributed by atoms with Gasteiger partial charge in [0.2, 0.25) is 0 Å². The van der Waals surface area contributed by atoms with Crippen LogP contribution in [0.5, 0.6) is 0 Å². The van der Waals surface area contributed by atoms with Crippen LogP contribution in [0.15, 0.2) is 18.2 Å². The van der Waals surface area contributed by atoms with Crippen molar-refractivity contribution in [2.24, 2.45) is 0 Å². The number of fused-ring (bicyclic) bond motifs is 1. The van der Waals surface area contributed by atoms with Gasteiger partial charge < -0.3 is 14.4 Å². The molecular formula is C17H23N3O3. The number of aromatic nitrogens is 2. The quantitative estimate of drug-likeness (QED) is 0.883. The van der Waals surface area contributed by atoms with Gasteiger partial charge in [0.1, 0.15) is 5.82 Å². The number of carboxylic acids is 1. The van der Waals surface area contributed by atoms with Gasteiger partial charge in [-0.05, 0) is 24.6 Å². The number of aromatic carboxylic acids is 1. The largest absolute Gasteiger partial charge is 0.478 e. The Morgan fingerprint density at radius 1 is 1.30 bits per heavy atom. The van der Waals surface area contributed by atoms with Crippen LogP contribution in [0.4, 0.5) is 0 Å². The van der Waals surface area contributed by atoms with Crippen molar-refractivity contribution in [3.63, 3.8) is 0 Å². The highest BCUT2D eigenvalue weighted by atomic mass is 16.5. The first-order valence-electron chi connectivity index (χ1n) is 8.21. The number of ether oxygens (including phenoxy) is 1. The van der Waals surface area contributed by atoms with Gasteiger partial charge in [0.05, 0.1) is 29.8 Å². The fourth-order valence-corrected chi connectivity index (χ4v) is 3.11. The van der Waals surface area contributed by atoms with Crippen molar-refractivity contribution in [3.05, 3.63) is 29.6 Å². The van der Waals surface area contributed by atoms with Crippen molar-refractivity contribution in [3.8, 4) is 0 Å². The number of carboxylic acid groups (broad SMARTS) is 1. The number of imidazole rings is 1. The van der Waals surface area contributed by atoms with Gasteiger partial charge in [0, 0.05) is 32.6 Å². The molecule has 2 heterocycles. The molecule has 0 radical (unpaired) electrons. The highest BCUT2D eigenvalue weighted by molar-refractivity contribution is 5.92. The van der Waals surface area contributed by atoms with Gasteiger partial charge in [-0.15, -0.1) is 0 Å². The molecule has 6 heteroatoms. The van der Waals surface area contributed by atoms with Crippen LogP contribution in [0.25, 0.3) is 11.0 Å². The second-order valence-corrected chi connectivity index (χ2v) is 5.85. The van der Waals surface area contributed by atoms with Gasteiger partial charge in [-0.3, -0.25) is 4.90 Å². The lowest BCUT2D eigenvalue weighted by Crippen LogP contribution is -2.37. The smallest absolute Gasteiger partial charge is 0.335 e. The van der Waals surface area contributed by atoms with Crippen molar-refractivity contribution in [1.82, 2.24) is 14.5 Å². The normalized spacial score (nSPS) is 16.0. The minimum Gasteiger partial charge on any atom is -0.478 e. The number of carbonyl (C=O) groups is 1. The SMILES string of the molecule is CCc1nc2cc(C(=O)O)ccc2n1CCCN1CCOCC1. The van der Waals surface area contributed by atoms with E-state index in [-0.39, 0.29) is 5.56 Å². The summed E-state index contributed by atoms with van der Waals surface area (Å²) in [6.45, 7) is 7.71. The summed E-state index contributed by atoms with van der Waals surface area (Å²) in [6, 6.07) is 5.19. The number of aryl methyl sites for hydroxylation is 2. The second kappa shape index (κ2) is 7.10. The number of hydrogen-bond acceptors (Lipinski definition) is 4. The molecule has 1 saturated heterocycles. The fraction of sp³-hybridized carbons (Fsp3) is 0.529. The summed E-state index contributed by atoms with van der Waals surface area (Å²) in [7, 11) is 0. The molecule has 0 saturated carbocycles. The maximum atomic E-state index is 11.1. The number of morpholine rings is 1. The van der Waals surface area contributed by atoms with E-state index in [1.54, 1.807) is 12.1 Å². The predicted molar refractivity (Wildman–Crippen MR) is 87.9 cm³/mol. The van der Waals surface area contributed by atoms with E-state index in [0.717, 1.165) is 69.1 Å². The summed E-state index contributed by atoms with van der Waals surface area (Å²) >= 11 is 0. The maximum absolute atomic E-state index is 11.1. The van der Waals surface area contributed by atoms with Crippen molar-refractivity contribution >= 4 is 17.0 Å². The van der Waals surface area contributed by atoms with E-state index in [1.807, 2.05) is 6.07 Å². The highest BCUT2D eigenvalue weighted by Crippen LogP contribution is 2.19. The predicted octanol–water partition coefficient (Wildman–Crippen LogP) is 2.02. The molecule has 1 aliphatic rings. The van der Waals surface area contributed by atoms with E-state index < -0.39 is 5.97 Å². The topological polar surface area (TPSA) is 67.6 Å². The van der Waals surface area contributed by atoms with E-state index in [2.05, 4.69) is 21.4 Å². The van der Waals surface area contributed by atoms with Gasteiger partial charge in [-0.2, -0.15) is 0 Å². The van der Waals surface area contributed by atoms with Crippen LogP contribution in [-0.2, 0) is 17.7 Å². The third-order valence-electron chi connectivity index (χ3n) is 4.35. The van der Waals surface area contributed by atoms with Crippen molar-refractivity contribution in [2.75, 3.05) is 32.8 Å². The van der Waals surface area contributed by atoms with E-state index in [0.29, 0.717) is 0 Å². The lowest BCUT2D eigenvalue weighted by molar-refractivity contribution is 0.0369. The Labute approximate surface area is 135 Å². The van der Waals surface area contributed by atoms with Crippen LogP contribution in [0.1, 0.15) is 29.5 Å². The minimum atomic E-state index is -0.910. The third kappa shape index (κ3) is 3.54. The average molecular weight is 317 g/mol. The van der Waals surface area contributed by atoms with Gasteiger partial charge >= 0.3 is 5.97 Å². The Morgan fingerprint density at radius 3 is 2.78 bits per heavy atom. The molecule has 1 N–H and O–H groups in total. The summed E-state index contributed by atoms with van der Waals surface area (Å²) in [4.78, 5) is 18.1. The van der Waals surface area contributed by atoms with Crippen LogP contribution in [0.2, 0.25) is 0 Å². The zero-order chi connectivity index (χ0) is 16.2. The van der Waals surface area contributed by atoms with Gasteiger partial charge in [0.15, 0.2) is 0 Å². The second-order valence-electron chi connectivity index (χ2n) is 5.85. The summed E-state index contributed by atoms with van der Waals surface area (Å²) in [6.07, 6.45) is 1.90. The van der Waals surface area contributed by atoms with Crippen LogP contribution in [0, 0.1) is 0 Å².